The van der Waals surface area contributed by atoms with Crippen molar-refractivity contribution in [3.63, 3.8) is 0 Å². The molecule has 53 heavy (non-hydrogen) atoms. The predicted octanol–water partition coefficient (Wildman–Crippen LogP) is 6.52. The summed E-state index contributed by atoms with van der Waals surface area (Å²) in [6.07, 6.45) is 3.54. The van der Waals surface area contributed by atoms with Gasteiger partial charge in [0.25, 0.3) is 0 Å². The maximum Gasteiger partial charge on any atom is 0.407 e. The Morgan fingerprint density at radius 3 is 2.53 bits per heavy atom. The summed E-state index contributed by atoms with van der Waals surface area (Å²) in [7, 11) is 1.38. The van der Waals surface area contributed by atoms with E-state index in [1.807, 2.05) is 49.1 Å². The van der Waals surface area contributed by atoms with Gasteiger partial charge in [-0.1, -0.05) is 27.7 Å². The number of aromatic nitrogens is 6. The summed E-state index contributed by atoms with van der Waals surface area (Å²) in [5, 5.41) is 14.5. The number of nitrogens with two attached hydrogens (primary N) is 1. The maximum atomic E-state index is 13.3. The molecule has 0 aliphatic carbocycles. The Hall–Kier alpha value is -4.70. The third-order valence-electron chi connectivity index (χ3n) is 10.5. The van der Waals surface area contributed by atoms with Gasteiger partial charge in [0.05, 0.1) is 40.1 Å². The normalized spacial score (nSPS) is 16.8. The standard InChI is InChI=1S/C38H48N10O4S/c1-19(2)28(44-38(50)52-5)18-21(8-6-16-39)34-41-24-13-12-23-22(31(24)45-34)10-11-27(40-23)36-43-26-15-14-25-32(33(26)53-36)46-35(42-25)29-9-7-17-48(29)37(49)30(47-51)20(3)4/h10-15,19-21,28-30,40,47,51H,6-9,16-18,39H2,1-5H3,(H,42,46)(H,44,50)/t21?,28-,29+,30+/m1/s1. The minimum atomic E-state index is -0.671. The smallest absolute Gasteiger partial charge is 0.407 e. The van der Waals surface area contributed by atoms with E-state index < -0.39 is 12.1 Å². The minimum absolute atomic E-state index is 0.0164. The molecule has 4 atom stereocenters. The molecule has 1 saturated heterocycles. The fourth-order valence-electron chi connectivity index (χ4n) is 7.47. The Morgan fingerprint density at radius 1 is 1.00 bits per heavy atom. The average Bonchev–Trinajstić information content (AvgIpc) is 3.96. The van der Waals surface area contributed by atoms with Gasteiger partial charge in [0.2, 0.25) is 5.91 Å². The van der Waals surface area contributed by atoms with Crippen molar-refractivity contribution < 1.29 is 19.5 Å². The van der Waals surface area contributed by atoms with Crippen LogP contribution in [0, 0.1) is 11.8 Å². The number of pyridine rings is 1. The Kier molecular flexibility index (Phi) is 10.6. The summed E-state index contributed by atoms with van der Waals surface area (Å²) in [5.41, 5.74) is 14.1. The van der Waals surface area contributed by atoms with Crippen molar-refractivity contribution in [2.45, 2.75) is 83.8 Å². The monoisotopic (exact) mass is 740 g/mol. The lowest BCUT2D eigenvalue weighted by Gasteiger charge is -2.28. The van der Waals surface area contributed by atoms with Gasteiger partial charge in [-0.25, -0.2) is 24.7 Å². The second-order valence-corrected chi connectivity index (χ2v) is 15.7. The molecule has 5 heterocycles. The van der Waals surface area contributed by atoms with E-state index in [1.54, 1.807) is 11.3 Å². The lowest BCUT2D eigenvalue weighted by molar-refractivity contribution is -0.138. The van der Waals surface area contributed by atoms with E-state index in [4.69, 9.17) is 30.4 Å². The first-order valence-corrected chi connectivity index (χ1v) is 19.2. The molecule has 0 saturated carbocycles. The number of carbonyl (C=O) groups is 2. The van der Waals surface area contributed by atoms with E-state index in [9.17, 15) is 14.8 Å². The van der Waals surface area contributed by atoms with Crippen LogP contribution in [0.4, 0.5) is 4.79 Å². The van der Waals surface area contributed by atoms with Crippen LogP contribution in [0.1, 0.15) is 83.4 Å². The van der Waals surface area contributed by atoms with Crippen LogP contribution in [-0.2, 0) is 9.53 Å². The Balaban J connectivity index is 1.18. The first-order chi connectivity index (χ1) is 25.6. The average molecular weight is 741 g/mol. The van der Waals surface area contributed by atoms with E-state index in [1.165, 1.54) is 7.11 Å². The van der Waals surface area contributed by atoms with Gasteiger partial charge >= 0.3 is 6.09 Å². The molecule has 7 N–H and O–H groups in total. The number of hydroxylamine groups is 1. The number of nitrogens with one attached hydrogen (secondary N) is 4. The van der Waals surface area contributed by atoms with Crippen molar-refractivity contribution in [1.29, 1.82) is 0 Å². The van der Waals surface area contributed by atoms with Gasteiger partial charge in [0, 0.05) is 29.4 Å². The number of alkyl carbamates (subject to hydrolysis) is 1. The van der Waals surface area contributed by atoms with E-state index in [2.05, 4.69) is 40.7 Å². The van der Waals surface area contributed by atoms with Crippen molar-refractivity contribution in [1.82, 2.24) is 45.6 Å². The highest BCUT2D eigenvalue weighted by Crippen LogP contribution is 2.38. The van der Waals surface area contributed by atoms with E-state index >= 15 is 0 Å². The fraction of sp³-hybridized carbons (Fsp3) is 0.474. The molecule has 7 rings (SSSR count). The van der Waals surface area contributed by atoms with Gasteiger partial charge in [0.15, 0.2) is 0 Å². The van der Waals surface area contributed by atoms with Gasteiger partial charge in [-0.15, -0.1) is 11.3 Å². The molecule has 15 heteroatoms. The van der Waals surface area contributed by atoms with Crippen molar-refractivity contribution in [3.05, 3.63) is 48.0 Å². The van der Waals surface area contributed by atoms with Crippen LogP contribution in [0.25, 0.3) is 53.9 Å². The number of aromatic amines is 2. The summed E-state index contributed by atoms with van der Waals surface area (Å²) in [4.78, 5) is 54.4. The van der Waals surface area contributed by atoms with Crippen LogP contribution >= 0.6 is 11.3 Å². The number of H-pyrrole nitrogens is 2. The van der Waals surface area contributed by atoms with Gasteiger partial charge in [-0.2, -0.15) is 5.48 Å². The largest absolute Gasteiger partial charge is 0.453 e. The van der Waals surface area contributed by atoms with Crippen molar-refractivity contribution in [3.8, 4) is 10.7 Å². The molecule has 2 amide bonds. The molecule has 0 bridgehead atoms. The zero-order valence-electron chi connectivity index (χ0n) is 30.8. The SMILES string of the molecule is COC(=O)N[C@H](CC(CCCN)c1nc2ccc3[nH]c(-c4nc5ccc6[nH]c([C@@H]7CCCN7C(=O)[C@@H](NO)C(C)C)nc6c5s4)ccc3c2n1)C(C)C. The zero-order valence-corrected chi connectivity index (χ0v) is 31.6. The molecule has 1 unspecified atom stereocenters. The molecule has 14 nitrogen and oxygen atoms in total. The number of nitrogens with zero attached hydrogens (tertiary/aromatic N) is 5. The first-order valence-electron chi connectivity index (χ1n) is 18.4. The van der Waals surface area contributed by atoms with Crippen LogP contribution in [0.2, 0.25) is 0 Å². The molecule has 2 aromatic carbocycles. The van der Waals surface area contributed by atoms with E-state index in [-0.39, 0.29) is 35.7 Å². The molecule has 0 radical (unpaired) electrons. The number of fused-ring (bicyclic) bond motifs is 6. The quantitative estimate of drug-likeness (QED) is 0.0708. The second-order valence-electron chi connectivity index (χ2n) is 14.7. The molecule has 1 fully saturated rings. The highest BCUT2D eigenvalue weighted by molar-refractivity contribution is 7.22. The fourth-order valence-corrected chi connectivity index (χ4v) is 8.51. The number of likely N-dealkylation sites (tertiary alicyclic amines) is 1. The van der Waals surface area contributed by atoms with Crippen LogP contribution in [0.3, 0.4) is 0 Å². The van der Waals surface area contributed by atoms with Gasteiger partial charge in [0.1, 0.15) is 33.7 Å². The highest BCUT2D eigenvalue weighted by atomic mass is 32.1. The van der Waals surface area contributed by atoms with Crippen LogP contribution < -0.4 is 16.5 Å². The number of ether oxygens (including phenoxy) is 1. The topological polar surface area (TPSA) is 200 Å². The summed E-state index contributed by atoms with van der Waals surface area (Å²) >= 11 is 1.57. The molecule has 4 aromatic heterocycles. The Labute approximate surface area is 311 Å². The number of amides is 2. The summed E-state index contributed by atoms with van der Waals surface area (Å²) in [6, 6.07) is 11.1. The van der Waals surface area contributed by atoms with E-state index in [0.29, 0.717) is 19.5 Å². The Morgan fingerprint density at radius 2 is 1.79 bits per heavy atom. The maximum absolute atomic E-state index is 13.3. The number of rotatable bonds is 13. The van der Waals surface area contributed by atoms with Crippen molar-refractivity contribution in [2.24, 2.45) is 17.6 Å². The zero-order chi connectivity index (χ0) is 37.4. The van der Waals surface area contributed by atoms with E-state index in [0.717, 1.165) is 91.2 Å². The molecular weight excluding hydrogens is 693 g/mol. The molecular formula is C38H48N10O4S. The molecule has 1 aliphatic rings. The second kappa shape index (κ2) is 15.3. The number of hydrogen-bond acceptors (Lipinski definition) is 11. The van der Waals surface area contributed by atoms with Crippen molar-refractivity contribution in [2.75, 3.05) is 20.2 Å². The number of benzene rings is 2. The van der Waals surface area contributed by atoms with Gasteiger partial charge in [-0.3, -0.25) is 4.79 Å². The molecule has 6 aromatic rings. The van der Waals surface area contributed by atoms with Crippen molar-refractivity contribution >= 4 is 66.5 Å². The predicted molar refractivity (Wildman–Crippen MR) is 207 cm³/mol. The number of methoxy groups -OCH3 is 1. The van der Waals surface area contributed by atoms with Crippen LogP contribution in [-0.4, -0.2) is 84.3 Å². The number of thiazole rings is 1. The van der Waals surface area contributed by atoms with Crippen LogP contribution in [0.5, 0.6) is 0 Å². The molecule has 280 valence electrons. The highest BCUT2D eigenvalue weighted by Gasteiger charge is 2.37. The third kappa shape index (κ3) is 7.18. The summed E-state index contributed by atoms with van der Waals surface area (Å²) in [5.74, 6) is 1.53. The molecule has 1 aliphatic heterocycles. The number of carbonyl (C=O) groups excluding carboxylic acids is 2. The third-order valence-corrected chi connectivity index (χ3v) is 11.6. The lowest BCUT2D eigenvalue weighted by atomic mass is 9.89. The summed E-state index contributed by atoms with van der Waals surface area (Å²) < 4.78 is 5.85. The summed E-state index contributed by atoms with van der Waals surface area (Å²) in [6.45, 7) is 9.17. The minimum Gasteiger partial charge on any atom is -0.453 e. The van der Waals surface area contributed by atoms with Gasteiger partial charge in [-0.05, 0) is 86.9 Å². The lowest BCUT2D eigenvalue weighted by Crippen LogP contribution is -2.48. The molecule has 0 spiro atoms. The number of imidazole rings is 2. The van der Waals surface area contributed by atoms with Crippen LogP contribution in [0.15, 0.2) is 36.4 Å². The number of hydrogen-bond donors (Lipinski definition) is 6. The van der Waals surface area contributed by atoms with Gasteiger partial charge < -0.3 is 35.9 Å². The first kappa shape index (κ1) is 36.6. The Bertz CT molecular complexity index is 2260.